The third kappa shape index (κ3) is 4.88. The Morgan fingerprint density at radius 1 is 1.29 bits per heavy atom. The predicted molar refractivity (Wildman–Crippen MR) is 91.5 cm³/mol. The minimum atomic E-state index is -0.143. The van der Waals surface area contributed by atoms with Crippen molar-refractivity contribution in [1.82, 2.24) is 25.3 Å². The Morgan fingerprint density at radius 3 is 2.96 bits per heavy atom. The minimum Gasteiger partial charge on any atom is -0.351 e. The summed E-state index contributed by atoms with van der Waals surface area (Å²) in [5, 5.41) is 11.0. The molecule has 0 aromatic carbocycles. The molecule has 1 aliphatic rings. The second kappa shape index (κ2) is 8.57. The van der Waals surface area contributed by atoms with Crippen LogP contribution in [0.25, 0.3) is 0 Å². The molecule has 1 amide bonds. The van der Waals surface area contributed by atoms with Gasteiger partial charge in [-0.05, 0) is 43.2 Å². The van der Waals surface area contributed by atoms with Crippen molar-refractivity contribution < 1.29 is 4.79 Å². The summed E-state index contributed by atoms with van der Waals surface area (Å²) in [5.74, 6) is 0.534. The van der Waals surface area contributed by atoms with Gasteiger partial charge in [-0.2, -0.15) is 0 Å². The molecule has 0 saturated heterocycles. The molecule has 0 unspecified atom stereocenters. The van der Waals surface area contributed by atoms with E-state index in [1.54, 1.807) is 12.4 Å². The average molecular weight is 327 g/mol. The van der Waals surface area contributed by atoms with Gasteiger partial charge in [-0.25, -0.2) is 0 Å². The monoisotopic (exact) mass is 327 g/mol. The van der Waals surface area contributed by atoms with Crippen molar-refractivity contribution in [3.8, 4) is 0 Å². The molecule has 6 nitrogen and oxygen atoms in total. The van der Waals surface area contributed by atoms with E-state index >= 15 is 0 Å². The molecule has 0 aliphatic heterocycles. The lowest BCUT2D eigenvalue weighted by atomic mass is 9.89. The highest BCUT2D eigenvalue weighted by atomic mass is 16.2. The number of pyridine rings is 1. The van der Waals surface area contributed by atoms with Gasteiger partial charge in [0.2, 0.25) is 0 Å². The Balaban J connectivity index is 1.40. The van der Waals surface area contributed by atoms with Crippen molar-refractivity contribution >= 4 is 5.91 Å². The number of amides is 1. The number of carbonyl (C=O) groups excluding carboxylic acids is 1. The molecule has 3 rings (SSSR count). The topological polar surface area (TPSA) is 72.7 Å². The average Bonchev–Trinajstić information content (AvgIpc) is 3.09. The third-order valence-electron chi connectivity index (χ3n) is 4.59. The van der Waals surface area contributed by atoms with Crippen molar-refractivity contribution in [1.29, 1.82) is 0 Å². The van der Waals surface area contributed by atoms with E-state index in [1.807, 2.05) is 23.0 Å². The normalized spacial score (nSPS) is 15.3. The first-order valence-electron chi connectivity index (χ1n) is 8.88. The zero-order chi connectivity index (χ0) is 16.6. The Labute approximate surface area is 142 Å². The molecule has 6 heteroatoms. The maximum atomic E-state index is 12.1. The van der Waals surface area contributed by atoms with Crippen LogP contribution in [0.3, 0.4) is 0 Å². The molecule has 1 saturated carbocycles. The number of aryl methyl sites for hydroxylation is 1. The van der Waals surface area contributed by atoms with E-state index in [4.69, 9.17) is 0 Å². The maximum Gasteiger partial charge on any atom is 0.273 e. The van der Waals surface area contributed by atoms with Gasteiger partial charge in [0.05, 0.1) is 6.20 Å². The third-order valence-corrected chi connectivity index (χ3v) is 4.59. The lowest BCUT2D eigenvalue weighted by molar-refractivity contribution is 0.0948. The zero-order valence-corrected chi connectivity index (χ0v) is 14.0. The van der Waals surface area contributed by atoms with Crippen LogP contribution >= 0.6 is 0 Å². The molecule has 0 bridgehead atoms. The Hall–Kier alpha value is -2.24. The van der Waals surface area contributed by atoms with E-state index in [2.05, 4.69) is 20.6 Å². The van der Waals surface area contributed by atoms with E-state index in [0.29, 0.717) is 18.2 Å². The minimum absolute atomic E-state index is 0.143. The van der Waals surface area contributed by atoms with Gasteiger partial charge in [-0.3, -0.25) is 14.5 Å². The molecule has 0 spiro atoms. The molecule has 128 valence electrons. The second-order valence-electron chi connectivity index (χ2n) is 6.55. The largest absolute Gasteiger partial charge is 0.351 e. The summed E-state index contributed by atoms with van der Waals surface area (Å²) < 4.78 is 1.82. The molecule has 2 aromatic heterocycles. The number of hydrogen-bond acceptors (Lipinski definition) is 4. The van der Waals surface area contributed by atoms with E-state index in [9.17, 15) is 4.79 Å². The standard InChI is InChI=1S/C18H25N5O/c24-18(20-11-5-9-15-8-4-10-19-12-15)17-14-23(22-21-17)13-16-6-2-1-3-7-16/h4,8,10,12,14,16H,1-3,5-7,9,11,13H2,(H,20,24). The Morgan fingerprint density at radius 2 is 2.17 bits per heavy atom. The molecule has 1 N–H and O–H groups in total. The van der Waals surface area contributed by atoms with Crippen LogP contribution in [0.15, 0.2) is 30.7 Å². The first-order chi connectivity index (χ1) is 11.8. The smallest absolute Gasteiger partial charge is 0.273 e. The van der Waals surface area contributed by atoms with Crippen LogP contribution in [0.4, 0.5) is 0 Å². The summed E-state index contributed by atoms with van der Waals surface area (Å²) in [6, 6.07) is 3.98. The van der Waals surface area contributed by atoms with E-state index < -0.39 is 0 Å². The highest BCUT2D eigenvalue weighted by molar-refractivity contribution is 5.91. The summed E-state index contributed by atoms with van der Waals surface area (Å²) in [5.41, 5.74) is 1.59. The molecular weight excluding hydrogens is 302 g/mol. The van der Waals surface area contributed by atoms with Gasteiger partial charge in [0.25, 0.3) is 5.91 Å². The summed E-state index contributed by atoms with van der Waals surface area (Å²) in [6.45, 7) is 1.50. The van der Waals surface area contributed by atoms with E-state index in [-0.39, 0.29) is 5.91 Å². The van der Waals surface area contributed by atoms with Crippen LogP contribution in [0, 0.1) is 5.92 Å². The van der Waals surface area contributed by atoms with Gasteiger partial charge >= 0.3 is 0 Å². The molecule has 2 aromatic rings. The number of nitrogens with one attached hydrogen (secondary N) is 1. The quantitative estimate of drug-likeness (QED) is 0.794. The number of nitrogens with zero attached hydrogens (tertiary/aromatic N) is 4. The van der Waals surface area contributed by atoms with Gasteiger partial charge in [-0.1, -0.05) is 30.5 Å². The maximum absolute atomic E-state index is 12.1. The molecule has 1 aliphatic carbocycles. The number of hydrogen-bond donors (Lipinski definition) is 1. The number of carbonyl (C=O) groups is 1. The van der Waals surface area contributed by atoms with Gasteiger partial charge in [0, 0.05) is 25.5 Å². The molecule has 0 atom stereocenters. The van der Waals surface area contributed by atoms with Crippen molar-refractivity contribution in [3.63, 3.8) is 0 Å². The van der Waals surface area contributed by atoms with Crippen molar-refractivity contribution in [3.05, 3.63) is 42.0 Å². The highest BCUT2D eigenvalue weighted by Crippen LogP contribution is 2.24. The fraction of sp³-hybridized carbons (Fsp3) is 0.556. The molecule has 2 heterocycles. The van der Waals surface area contributed by atoms with Gasteiger partial charge < -0.3 is 5.32 Å². The van der Waals surface area contributed by atoms with E-state index in [0.717, 1.165) is 19.4 Å². The highest BCUT2D eigenvalue weighted by Gasteiger charge is 2.16. The zero-order valence-electron chi connectivity index (χ0n) is 14.0. The molecule has 0 radical (unpaired) electrons. The second-order valence-corrected chi connectivity index (χ2v) is 6.55. The van der Waals surface area contributed by atoms with Gasteiger partial charge in [0.15, 0.2) is 5.69 Å². The summed E-state index contributed by atoms with van der Waals surface area (Å²) >= 11 is 0. The van der Waals surface area contributed by atoms with Crippen LogP contribution < -0.4 is 5.32 Å². The van der Waals surface area contributed by atoms with Crippen LogP contribution in [0.1, 0.15) is 54.6 Å². The SMILES string of the molecule is O=C(NCCCc1cccnc1)c1cn(CC2CCCCC2)nn1. The van der Waals surface area contributed by atoms with Gasteiger partial charge in [-0.15, -0.1) is 5.10 Å². The van der Waals surface area contributed by atoms with Crippen LogP contribution in [-0.4, -0.2) is 32.4 Å². The Bertz CT molecular complexity index is 634. The van der Waals surface area contributed by atoms with Crippen LogP contribution in [0.2, 0.25) is 0 Å². The van der Waals surface area contributed by atoms with Crippen LogP contribution in [0.5, 0.6) is 0 Å². The summed E-state index contributed by atoms with van der Waals surface area (Å²) in [7, 11) is 0. The van der Waals surface area contributed by atoms with Crippen molar-refractivity contribution in [2.75, 3.05) is 6.54 Å². The molecular formula is C18H25N5O. The molecule has 24 heavy (non-hydrogen) atoms. The number of rotatable bonds is 7. The lowest BCUT2D eigenvalue weighted by Crippen LogP contribution is -2.25. The predicted octanol–water partition coefficient (Wildman–Crippen LogP) is 2.62. The lowest BCUT2D eigenvalue weighted by Gasteiger charge is -2.20. The Kier molecular flexibility index (Phi) is 5.93. The number of aromatic nitrogens is 4. The molecule has 1 fully saturated rings. The fourth-order valence-electron chi connectivity index (χ4n) is 3.26. The van der Waals surface area contributed by atoms with E-state index in [1.165, 1.54) is 37.7 Å². The first kappa shape index (κ1) is 16.6. The van der Waals surface area contributed by atoms with Gasteiger partial charge in [0.1, 0.15) is 0 Å². The first-order valence-corrected chi connectivity index (χ1v) is 8.88. The van der Waals surface area contributed by atoms with Crippen molar-refractivity contribution in [2.24, 2.45) is 5.92 Å². The summed E-state index contributed by atoms with van der Waals surface area (Å²) in [6.07, 6.45) is 13.7. The summed E-state index contributed by atoms with van der Waals surface area (Å²) in [4.78, 5) is 16.2. The van der Waals surface area contributed by atoms with Crippen molar-refractivity contribution in [2.45, 2.75) is 51.5 Å². The van der Waals surface area contributed by atoms with Crippen LogP contribution in [-0.2, 0) is 13.0 Å². The fourth-order valence-corrected chi connectivity index (χ4v) is 3.26.